The Morgan fingerprint density at radius 3 is 2.77 bits per heavy atom. The number of nitrogens with zero attached hydrogens (tertiary/aromatic N) is 3. The maximum atomic E-state index is 12.8. The van der Waals surface area contributed by atoms with Crippen molar-refractivity contribution in [2.24, 2.45) is 4.99 Å². The Balaban J connectivity index is 1.69. The monoisotopic (exact) mass is 429 g/mol. The van der Waals surface area contributed by atoms with E-state index in [1.807, 2.05) is 54.6 Å². The Bertz CT molecular complexity index is 1120. The molecule has 0 aliphatic carbocycles. The van der Waals surface area contributed by atoms with Crippen LogP contribution in [0.15, 0.2) is 62.8 Å². The summed E-state index contributed by atoms with van der Waals surface area (Å²) < 4.78 is 8.59. The topological polar surface area (TPSA) is 46.8 Å². The predicted octanol–water partition coefficient (Wildman–Crippen LogP) is 2.56. The summed E-state index contributed by atoms with van der Waals surface area (Å²) in [5.41, 5.74) is 1.99. The van der Waals surface area contributed by atoms with Crippen LogP contribution in [0.4, 0.5) is 5.69 Å². The molecule has 1 aliphatic heterocycles. The van der Waals surface area contributed by atoms with E-state index in [2.05, 4.69) is 25.8 Å². The van der Waals surface area contributed by atoms with Crippen molar-refractivity contribution >= 4 is 39.0 Å². The minimum Gasteiger partial charge on any atom is -0.497 e. The standard InChI is InChI=1S/C19H16BrN3O2S/c1-25-16-7-5-13(6-8-16)9-17-18(24)23-12-22(11-21-19(23)26-17)15-4-2-3-14(20)10-15/h2-10H,11-12H2,1H3/b17-9-. The lowest BCUT2D eigenvalue weighted by Gasteiger charge is -2.25. The van der Waals surface area contributed by atoms with Crippen LogP contribution in [-0.2, 0) is 6.67 Å². The molecule has 26 heavy (non-hydrogen) atoms. The Morgan fingerprint density at radius 1 is 1.23 bits per heavy atom. The summed E-state index contributed by atoms with van der Waals surface area (Å²) in [6.07, 6.45) is 1.90. The van der Waals surface area contributed by atoms with Gasteiger partial charge in [-0.05, 0) is 42.0 Å². The summed E-state index contributed by atoms with van der Waals surface area (Å²) in [5.74, 6) is 0.795. The third-order valence-corrected chi connectivity index (χ3v) is 5.70. The normalized spacial score (nSPS) is 14.1. The number of rotatable bonds is 3. The van der Waals surface area contributed by atoms with Crippen LogP contribution in [0.5, 0.6) is 5.75 Å². The van der Waals surface area contributed by atoms with E-state index in [1.54, 1.807) is 11.7 Å². The number of anilines is 1. The Labute approximate surface area is 162 Å². The summed E-state index contributed by atoms with van der Waals surface area (Å²) >= 11 is 4.92. The minimum absolute atomic E-state index is 0.00994. The van der Waals surface area contributed by atoms with Crippen molar-refractivity contribution in [3.05, 3.63) is 78.3 Å². The number of methoxy groups -OCH3 is 1. The third-order valence-electron chi connectivity index (χ3n) is 4.16. The zero-order valence-electron chi connectivity index (χ0n) is 14.1. The average Bonchev–Trinajstić information content (AvgIpc) is 2.97. The molecule has 0 spiro atoms. The number of aromatic nitrogens is 1. The van der Waals surface area contributed by atoms with Crippen LogP contribution in [0, 0.1) is 0 Å². The van der Waals surface area contributed by atoms with Gasteiger partial charge in [0.05, 0.1) is 11.6 Å². The van der Waals surface area contributed by atoms with E-state index >= 15 is 0 Å². The first-order valence-corrected chi connectivity index (χ1v) is 9.65. The van der Waals surface area contributed by atoms with Gasteiger partial charge in [-0.25, -0.2) is 4.99 Å². The molecule has 2 aromatic carbocycles. The number of ether oxygens (including phenoxy) is 1. The molecule has 0 saturated carbocycles. The lowest BCUT2D eigenvalue weighted by molar-refractivity contribution is 0.415. The molecule has 0 atom stereocenters. The van der Waals surface area contributed by atoms with E-state index in [0.717, 1.165) is 26.3 Å². The smallest absolute Gasteiger partial charge is 0.271 e. The molecule has 0 fully saturated rings. The summed E-state index contributed by atoms with van der Waals surface area (Å²) in [7, 11) is 1.64. The second kappa shape index (κ2) is 7.09. The molecule has 4 rings (SSSR count). The highest BCUT2D eigenvalue weighted by Gasteiger charge is 2.16. The number of hydrogen-bond acceptors (Lipinski definition) is 5. The highest BCUT2D eigenvalue weighted by molar-refractivity contribution is 9.10. The fourth-order valence-electron chi connectivity index (χ4n) is 2.80. The molecule has 5 nitrogen and oxygen atoms in total. The lowest BCUT2D eigenvalue weighted by Crippen LogP contribution is -2.42. The molecule has 0 saturated heterocycles. The van der Waals surface area contributed by atoms with Crippen molar-refractivity contribution in [2.75, 3.05) is 18.7 Å². The SMILES string of the molecule is COc1ccc(/C=c2\sc3n(c2=O)CN(c2cccc(Br)c2)CN=3)cc1. The fraction of sp³-hybridized carbons (Fsp3) is 0.158. The molecule has 0 N–H and O–H groups in total. The van der Waals surface area contributed by atoms with E-state index < -0.39 is 0 Å². The van der Waals surface area contributed by atoms with E-state index in [9.17, 15) is 4.79 Å². The van der Waals surface area contributed by atoms with Crippen molar-refractivity contribution in [3.63, 3.8) is 0 Å². The van der Waals surface area contributed by atoms with E-state index in [0.29, 0.717) is 17.9 Å². The Hall–Kier alpha value is -2.38. The van der Waals surface area contributed by atoms with Gasteiger partial charge in [0, 0.05) is 10.2 Å². The molecule has 0 bridgehead atoms. The molecule has 1 aliphatic rings. The van der Waals surface area contributed by atoms with Gasteiger partial charge in [0.1, 0.15) is 19.1 Å². The number of thiazole rings is 1. The van der Waals surface area contributed by atoms with Gasteiger partial charge in [-0.3, -0.25) is 9.36 Å². The second-order valence-electron chi connectivity index (χ2n) is 5.86. The van der Waals surface area contributed by atoms with Gasteiger partial charge in [0.2, 0.25) is 0 Å². The van der Waals surface area contributed by atoms with Crippen LogP contribution in [0.1, 0.15) is 5.56 Å². The van der Waals surface area contributed by atoms with Crippen LogP contribution in [-0.4, -0.2) is 18.3 Å². The molecular formula is C19H16BrN3O2S. The van der Waals surface area contributed by atoms with Gasteiger partial charge < -0.3 is 9.64 Å². The summed E-state index contributed by atoms with van der Waals surface area (Å²) in [6.45, 7) is 1.04. The Morgan fingerprint density at radius 2 is 2.04 bits per heavy atom. The van der Waals surface area contributed by atoms with Gasteiger partial charge in [0.15, 0.2) is 4.80 Å². The molecule has 1 aromatic heterocycles. The van der Waals surface area contributed by atoms with Gasteiger partial charge in [-0.1, -0.05) is 45.5 Å². The third kappa shape index (κ3) is 3.32. The van der Waals surface area contributed by atoms with Crippen molar-refractivity contribution in [3.8, 4) is 5.75 Å². The molecular weight excluding hydrogens is 414 g/mol. The maximum absolute atomic E-state index is 12.8. The van der Waals surface area contributed by atoms with Crippen LogP contribution >= 0.6 is 27.3 Å². The van der Waals surface area contributed by atoms with Gasteiger partial charge in [0.25, 0.3) is 5.56 Å². The van der Waals surface area contributed by atoms with E-state index in [4.69, 9.17) is 4.74 Å². The first kappa shape index (κ1) is 17.1. The van der Waals surface area contributed by atoms with Crippen LogP contribution in [0.25, 0.3) is 6.08 Å². The number of benzene rings is 2. The second-order valence-corrected chi connectivity index (χ2v) is 7.79. The molecule has 0 unspecified atom stereocenters. The summed E-state index contributed by atoms with van der Waals surface area (Å²) in [4.78, 5) is 20.2. The number of hydrogen-bond donors (Lipinski definition) is 0. The highest BCUT2D eigenvalue weighted by atomic mass is 79.9. The highest BCUT2D eigenvalue weighted by Crippen LogP contribution is 2.20. The first-order chi connectivity index (χ1) is 12.6. The first-order valence-electron chi connectivity index (χ1n) is 8.04. The maximum Gasteiger partial charge on any atom is 0.271 e. The van der Waals surface area contributed by atoms with E-state index in [1.165, 1.54) is 11.3 Å². The number of fused-ring (bicyclic) bond motifs is 1. The van der Waals surface area contributed by atoms with Crippen LogP contribution in [0.3, 0.4) is 0 Å². The average molecular weight is 430 g/mol. The zero-order chi connectivity index (χ0) is 18.1. The van der Waals surface area contributed by atoms with Gasteiger partial charge in [-0.15, -0.1) is 0 Å². The zero-order valence-corrected chi connectivity index (χ0v) is 16.5. The van der Waals surface area contributed by atoms with Gasteiger partial charge >= 0.3 is 0 Å². The van der Waals surface area contributed by atoms with Crippen molar-refractivity contribution in [2.45, 2.75) is 6.67 Å². The van der Waals surface area contributed by atoms with Crippen LogP contribution in [0.2, 0.25) is 0 Å². The van der Waals surface area contributed by atoms with Crippen molar-refractivity contribution in [1.29, 1.82) is 0 Å². The molecule has 7 heteroatoms. The Kier molecular flexibility index (Phi) is 4.65. The molecule has 0 amide bonds. The van der Waals surface area contributed by atoms with Crippen LogP contribution < -0.4 is 24.5 Å². The largest absolute Gasteiger partial charge is 0.497 e. The molecule has 2 heterocycles. The molecule has 3 aromatic rings. The van der Waals surface area contributed by atoms with E-state index in [-0.39, 0.29) is 5.56 Å². The molecule has 132 valence electrons. The fourth-order valence-corrected chi connectivity index (χ4v) is 4.15. The predicted molar refractivity (Wildman–Crippen MR) is 107 cm³/mol. The van der Waals surface area contributed by atoms with Crippen molar-refractivity contribution < 1.29 is 4.74 Å². The van der Waals surface area contributed by atoms with Crippen molar-refractivity contribution in [1.82, 2.24) is 4.57 Å². The number of halogens is 1. The minimum atomic E-state index is -0.00994. The lowest BCUT2D eigenvalue weighted by atomic mass is 10.2. The molecule has 0 radical (unpaired) electrons. The van der Waals surface area contributed by atoms with Gasteiger partial charge in [-0.2, -0.15) is 0 Å². The summed E-state index contributed by atoms with van der Waals surface area (Å²) in [5, 5.41) is 0. The quantitative estimate of drug-likeness (QED) is 0.642. The summed E-state index contributed by atoms with van der Waals surface area (Å²) in [6, 6.07) is 15.7.